The number of para-hydroxylation sites is 1. The molecule has 36 heavy (non-hydrogen) atoms. The average Bonchev–Trinajstić information content (AvgIpc) is 3.33. The Kier molecular flexibility index (Phi) is 7.65. The van der Waals surface area contributed by atoms with E-state index in [0.717, 1.165) is 82.5 Å². The molecule has 2 aromatic rings. The first kappa shape index (κ1) is 24.9. The van der Waals surface area contributed by atoms with Gasteiger partial charge in [-0.25, -0.2) is 13.6 Å². The highest BCUT2D eigenvalue weighted by atomic mass is 19.1. The Morgan fingerprint density at radius 3 is 2.42 bits per heavy atom. The quantitative estimate of drug-likeness (QED) is 0.533. The average molecular weight is 496 g/mol. The van der Waals surface area contributed by atoms with E-state index in [-0.39, 0.29) is 29.3 Å². The highest BCUT2D eigenvalue weighted by molar-refractivity contribution is 5.98. The molecule has 5 rings (SSSR count). The molecule has 2 fully saturated rings. The molecule has 2 aromatic carbocycles. The molecule has 192 valence electrons. The van der Waals surface area contributed by atoms with Crippen molar-refractivity contribution < 1.29 is 18.4 Å². The molecular formula is C29H35F2N3O2. The van der Waals surface area contributed by atoms with Gasteiger partial charge >= 0.3 is 6.03 Å². The number of likely N-dealkylation sites (tertiary alicyclic amines) is 1. The van der Waals surface area contributed by atoms with Crippen LogP contribution in [0.5, 0.6) is 0 Å². The maximum atomic E-state index is 14.0. The third-order valence-corrected chi connectivity index (χ3v) is 8.32. The van der Waals surface area contributed by atoms with Crippen LogP contribution in [0.25, 0.3) is 0 Å². The van der Waals surface area contributed by atoms with E-state index in [0.29, 0.717) is 18.8 Å². The maximum Gasteiger partial charge on any atom is 0.322 e. The Bertz CT molecular complexity index is 1090. The first-order valence-electron chi connectivity index (χ1n) is 13.4. The summed E-state index contributed by atoms with van der Waals surface area (Å²) in [4.78, 5) is 29.8. The fourth-order valence-corrected chi connectivity index (χ4v) is 6.09. The van der Waals surface area contributed by atoms with E-state index in [9.17, 15) is 18.4 Å². The summed E-state index contributed by atoms with van der Waals surface area (Å²) in [5.74, 6) is -1.15. The molecule has 2 heterocycles. The highest BCUT2D eigenvalue weighted by Gasteiger charge is 2.30. The predicted octanol–water partition coefficient (Wildman–Crippen LogP) is 5.58. The summed E-state index contributed by atoms with van der Waals surface area (Å²) in [6.07, 6.45) is 7.77. The molecule has 7 heteroatoms. The molecule has 0 spiro atoms. The van der Waals surface area contributed by atoms with Gasteiger partial charge in [0.05, 0.1) is 5.56 Å². The highest BCUT2D eigenvalue weighted by Crippen LogP contribution is 2.31. The molecule has 3 aliphatic rings. The van der Waals surface area contributed by atoms with Crippen LogP contribution in [0.15, 0.2) is 42.5 Å². The largest absolute Gasteiger partial charge is 0.335 e. The van der Waals surface area contributed by atoms with E-state index in [1.807, 2.05) is 23.1 Å². The van der Waals surface area contributed by atoms with Gasteiger partial charge in [-0.15, -0.1) is 0 Å². The third-order valence-electron chi connectivity index (χ3n) is 8.32. The summed E-state index contributed by atoms with van der Waals surface area (Å²) in [7, 11) is 0. The molecule has 0 unspecified atom stereocenters. The second-order valence-corrected chi connectivity index (χ2v) is 10.6. The van der Waals surface area contributed by atoms with Gasteiger partial charge in [0.1, 0.15) is 11.6 Å². The Labute approximate surface area is 211 Å². The van der Waals surface area contributed by atoms with Crippen LogP contribution in [0, 0.1) is 23.5 Å². The van der Waals surface area contributed by atoms with Crippen molar-refractivity contribution in [3.8, 4) is 0 Å². The standard InChI is InChI=1S/C29H35F2N3O2/c30-23-7-10-25(26(31)19-23)28(35)22-12-16-33(17-13-22)15-11-20-5-8-24(9-6-20)32-29(36)34-18-14-21-3-1-2-4-27(21)34/h1-4,7,10,19-20,22,24H,5-6,8-9,11-18H2,(H,32,36). The molecule has 1 saturated carbocycles. The van der Waals surface area contributed by atoms with Gasteiger partial charge in [-0.2, -0.15) is 0 Å². The van der Waals surface area contributed by atoms with Gasteiger partial charge in [0.25, 0.3) is 0 Å². The second kappa shape index (κ2) is 11.1. The lowest BCUT2D eigenvalue weighted by Crippen LogP contribution is -2.45. The van der Waals surface area contributed by atoms with Gasteiger partial charge < -0.3 is 10.2 Å². The van der Waals surface area contributed by atoms with Crippen LogP contribution in [0.3, 0.4) is 0 Å². The lowest BCUT2D eigenvalue weighted by Gasteiger charge is -2.34. The number of amides is 2. The minimum Gasteiger partial charge on any atom is -0.335 e. The zero-order valence-corrected chi connectivity index (χ0v) is 20.7. The van der Waals surface area contributed by atoms with Crippen LogP contribution in [0.1, 0.15) is 60.9 Å². The number of rotatable bonds is 6. The number of fused-ring (bicyclic) bond motifs is 1. The van der Waals surface area contributed by atoms with Crippen LogP contribution in [0.2, 0.25) is 0 Å². The number of hydrogen-bond acceptors (Lipinski definition) is 3. The minimum absolute atomic E-state index is 0.00708. The van der Waals surface area contributed by atoms with E-state index < -0.39 is 11.6 Å². The Morgan fingerprint density at radius 1 is 0.917 bits per heavy atom. The monoisotopic (exact) mass is 495 g/mol. The van der Waals surface area contributed by atoms with E-state index >= 15 is 0 Å². The lowest BCUT2D eigenvalue weighted by molar-refractivity contribution is 0.0828. The van der Waals surface area contributed by atoms with Crippen molar-refractivity contribution in [3.63, 3.8) is 0 Å². The number of urea groups is 1. The molecule has 1 saturated heterocycles. The lowest BCUT2D eigenvalue weighted by atomic mass is 9.83. The smallest absolute Gasteiger partial charge is 0.322 e. The molecule has 2 aliphatic heterocycles. The summed E-state index contributed by atoms with van der Waals surface area (Å²) in [5, 5.41) is 3.26. The number of nitrogens with zero attached hydrogens (tertiary/aromatic N) is 2. The zero-order chi connectivity index (χ0) is 25.1. The van der Waals surface area contributed by atoms with Crippen LogP contribution in [-0.2, 0) is 6.42 Å². The van der Waals surface area contributed by atoms with Crippen molar-refractivity contribution in [2.45, 2.75) is 57.4 Å². The summed E-state index contributed by atoms with van der Waals surface area (Å²) in [5.41, 5.74) is 2.29. The van der Waals surface area contributed by atoms with Crippen LogP contribution in [0.4, 0.5) is 19.3 Å². The van der Waals surface area contributed by atoms with Crippen LogP contribution in [-0.4, -0.2) is 48.9 Å². The second-order valence-electron chi connectivity index (χ2n) is 10.6. The maximum absolute atomic E-state index is 14.0. The summed E-state index contributed by atoms with van der Waals surface area (Å²) in [6, 6.07) is 11.6. The molecule has 0 atom stereocenters. The number of Topliss-reactive ketones (excluding diaryl/α,β-unsaturated/α-hetero) is 1. The topological polar surface area (TPSA) is 52.7 Å². The Morgan fingerprint density at radius 2 is 1.67 bits per heavy atom. The molecular weight excluding hydrogens is 460 g/mol. The molecule has 0 radical (unpaired) electrons. The van der Waals surface area contributed by atoms with Gasteiger partial charge in [-0.3, -0.25) is 9.69 Å². The SMILES string of the molecule is O=C(c1ccc(F)cc1F)C1CCN(CCC2CCC(NC(=O)N3CCc4ccccc43)CC2)CC1. The Hall–Kier alpha value is -2.80. The van der Waals surface area contributed by atoms with Crippen molar-refractivity contribution >= 4 is 17.5 Å². The number of ketones is 1. The number of halogens is 2. The predicted molar refractivity (Wildman–Crippen MR) is 136 cm³/mol. The van der Waals surface area contributed by atoms with Gasteiger partial charge in [0.2, 0.25) is 0 Å². The van der Waals surface area contributed by atoms with E-state index in [4.69, 9.17) is 0 Å². The molecule has 1 aliphatic carbocycles. The first-order valence-corrected chi connectivity index (χ1v) is 13.4. The molecule has 0 bridgehead atoms. The van der Waals surface area contributed by atoms with Gasteiger partial charge in [0, 0.05) is 30.3 Å². The van der Waals surface area contributed by atoms with Crippen molar-refractivity contribution in [1.82, 2.24) is 10.2 Å². The van der Waals surface area contributed by atoms with Crippen LogP contribution >= 0.6 is 0 Å². The number of carbonyl (C=O) groups excluding carboxylic acids is 2. The third kappa shape index (κ3) is 5.61. The number of benzene rings is 2. The summed E-state index contributed by atoms with van der Waals surface area (Å²) >= 11 is 0. The fourth-order valence-electron chi connectivity index (χ4n) is 6.09. The number of carbonyl (C=O) groups is 2. The number of hydrogen-bond donors (Lipinski definition) is 1. The normalized spacial score (nSPS) is 22.9. The number of nitrogens with one attached hydrogen (secondary N) is 1. The Balaban J connectivity index is 1.01. The van der Waals surface area contributed by atoms with Crippen molar-refractivity contribution in [2.75, 3.05) is 31.1 Å². The molecule has 0 aromatic heterocycles. The zero-order valence-electron chi connectivity index (χ0n) is 20.7. The van der Waals surface area contributed by atoms with Crippen molar-refractivity contribution in [1.29, 1.82) is 0 Å². The van der Waals surface area contributed by atoms with Gasteiger partial charge in [-0.1, -0.05) is 18.2 Å². The molecule has 1 N–H and O–H groups in total. The van der Waals surface area contributed by atoms with Crippen molar-refractivity contribution in [3.05, 3.63) is 65.2 Å². The first-order chi connectivity index (χ1) is 17.5. The number of piperidine rings is 1. The molecule has 5 nitrogen and oxygen atoms in total. The van der Waals surface area contributed by atoms with E-state index in [1.165, 1.54) is 11.6 Å². The van der Waals surface area contributed by atoms with E-state index in [2.05, 4.69) is 16.3 Å². The summed E-state index contributed by atoms with van der Waals surface area (Å²) in [6.45, 7) is 3.43. The van der Waals surface area contributed by atoms with Gasteiger partial charge in [-0.05, 0) is 101 Å². The van der Waals surface area contributed by atoms with Crippen LogP contribution < -0.4 is 10.2 Å². The number of anilines is 1. The molecule has 2 amide bonds. The minimum atomic E-state index is -0.764. The van der Waals surface area contributed by atoms with Crippen molar-refractivity contribution in [2.24, 2.45) is 11.8 Å². The summed E-state index contributed by atoms with van der Waals surface area (Å²) < 4.78 is 27.2. The van der Waals surface area contributed by atoms with Gasteiger partial charge in [0.15, 0.2) is 5.78 Å². The fraction of sp³-hybridized carbons (Fsp3) is 0.517. The van der Waals surface area contributed by atoms with E-state index in [1.54, 1.807) is 0 Å².